The molecule has 0 fully saturated rings. The Bertz CT molecular complexity index is 997. The first-order valence-electron chi connectivity index (χ1n) is 7.66. The molecule has 0 atom stereocenters. The van der Waals surface area contributed by atoms with Gasteiger partial charge in [0.25, 0.3) is 11.5 Å². The summed E-state index contributed by atoms with van der Waals surface area (Å²) in [5.41, 5.74) is 2.96. The summed E-state index contributed by atoms with van der Waals surface area (Å²) < 4.78 is 2.13. The van der Waals surface area contributed by atoms with E-state index in [1.165, 1.54) is 4.57 Å². The number of hydrogen-bond acceptors (Lipinski definition) is 3. The van der Waals surface area contributed by atoms with E-state index in [1.54, 1.807) is 31.6 Å². The molecular formula is C19H16BrN3O2. The van der Waals surface area contributed by atoms with Crippen LogP contribution in [0, 0.1) is 6.92 Å². The van der Waals surface area contributed by atoms with Crippen LogP contribution in [0.3, 0.4) is 0 Å². The lowest BCUT2D eigenvalue weighted by Crippen LogP contribution is -2.24. The second-order valence-corrected chi connectivity index (χ2v) is 6.55. The maximum atomic E-state index is 12.7. The lowest BCUT2D eigenvalue weighted by molar-refractivity contribution is 0.102. The highest BCUT2D eigenvalue weighted by Crippen LogP contribution is 2.24. The van der Waals surface area contributed by atoms with E-state index in [0.717, 1.165) is 16.8 Å². The highest BCUT2D eigenvalue weighted by molar-refractivity contribution is 9.10. The van der Waals surface area contributed by atoms with Crippen molar-refractivity contribution in [2.24, 2.45) is 7.05 Å². The average molecular weight is 398 g/mol. The molecule has 3 rings (SSSR count). The Labute approximate surface area is 153 Å². The fraction of sp³-hybridized carbons (Fsp3) is 0.105. The van der Waals surface area contributed by atoms with Crippen molar-refractivity contribution in [3.8, 4) is 11.3 Å². The van der Waals surface area contributed by atoms with Crippen molar-refractivity contribution in [2.45, 2.75) is 6.92 Å². The van der Waals surface area contributed by atoms with Crippen molar-refractivity contribution in [1.82, 2.24) is 9.55 Å². The van der Waals surface area contributed by atoms with Gasteiger partial charge in [0.2, 0.25) is 0 Å². The van der Waals surface area contributed by atoms with Gasteiger partial charge in [-0.25, -0.2) is 0 Å². The Kier molecular flexibility index (Phi) is 4.81. The maximum absolute atomic E-state index is 12.7. The summed E-state index contributed by atoms with van der Waals surface area (Å²) in [6.07, 6.45) is 3.36. The minimum Gasteiger partial charge on any atom is -0.317 e. The van der Waals surface area contributed by atoms with Crippen molar-refractivity contribution in [1.29, 1.82) is 0 Å². The third-order valence-electron chi connectivity index (χ3n) is 3.92. The van der Waals surface area contributed by atoms with Crippen LogP contribution >= 0.6 is 15.9 Å². The molecule has 0 aliphatic carbocycles. The Balaban J connectivity index is 1.98. The van der Waals surface area contributed by atoms with Crippen LogP contribution in [-0.2, 0) is 7.05 Å². The van der Waals surface area contributed by atoms with Gasteiger partial charge in [-0.3, -0.25) is 14.6 Å². The van der Waals surface area contributed by atoms with E-state index in [4.69, 9.17) is 0 Å². The van der Waals surface area contributed by atoms with Crippen molar-refractivity contribution in [3.05, 3.63) is 80.8 Å². The summed E-state index contributed by atoms with van der Waals surface area (Å²) in [5, 5.41) is 2.70. The highest BCUT2D eigenvalue weighted by atomic mass is 79.9. The van der Waals surface area contributed by atoms with E-state index < -0.39 is 0 Å². The number of carbonyl (C=O) groups is 1. The van der Waals surface area contributed by atoms with Crippen LogP contribution in [0.4, 0.5) is 5.69 Å². The summed E-state index contributed by atoms with van der Waals surface area (Å²) in [5.74, 6) is -0.328. The Morgan fingerprint density at radius 3 is 2.72 bits per heavy atom. The molecule has 2 heterocycles. The van der Waals surface area contributed by atoms with Gasteiger partial charge in [0.15, 0.2) is 0 Å². The molecule has 3 aromatic rings. The van der Waals surface area contributed by atoms with Gasteiger partial charge in [-0.05, 0) is 52.7 Å². The minimum atomic E-state index is -0.328. The topological polar surface area (TPSA) is 64.0 Å². The lowest BCUT2D eigenvalue weighted by atomic mass is 9.99. The Morgan fingerprint density at radius 1 is 1.20 bits per heavy atom. The molecule has 1 amide bonds. The number of rotatable bonds is 3. The van der Waals surface area contributed by atoms with Crippen molar-refractivity contribution < 1.29 is 4.79 Å². The number of anilines is 1. The quantitative estimate of drug-likeness (QED) is 0.731. The third-order valence-corrected chi connectivity index (χ3v) is 4.35. The molecule has 0 saturated heterocycles. The lowest BCUT2D eigenvalue weighted by Gasteiger charge is -2.12. The molecule has 0 unspecified atom stereocenters. The van der Waals surface area contributed by atoms with Crippen LogP contribution in [0.5, 0.6) is 0 Å². The molecule has 1 aromatic carbocycles. The number of nitrogens with zero attached hydrogens (tertiary/aromatic N) is 2. The van der Waals surface area contributed by atoms with Gasteiger partial charge >= 0.3 is 0 Å². The molecule has 6 heteroatoms. The first kappa shape index (κ1) is 17.1. The summed E-state index contributed by atoms with van der Waals surface area (Å²) in [4.78, 5) is 29.2. The number of aromatic nitrogens is 2. The standard InChI is InChI=1S/C19H16BrN3O2/c1-12-14(16-8-3-4-9-21-16)6-5-7-15(12)18(24)22-17-10-13(20)11-23(2)19(17)25/h3-11H,1-2H3,(H,22,24). The predicted octanol–water partition coefficient (Wildman–Crippen LogP) is 3.77. The zero-order chi connectivity index (χ0) is 18.0. The number of aryl methyl sites for hydroxylation is 1. The maximum Gasteiger partial charge on any atom is 0.274 e. The fourth-order valence-electron chi connectivity index (χ4n) is 2.63. The van der Waals surface area contributed by atoms with Crippen LogP contribution in [0.1, 0.15) is 15.9 Å². The van der Waals surface area contributed by atoms with Crippen molar-refractivity contribution in [3.63, 3.8) is 0 Å². The van der Waals surface area contributed by atoms with Gasteiger partial charge in [-0.1, -0.05) is 18.2 Å². The van der Waals surface area contributed by atoms with Gasteiger partial charge in [0, 0.05) is 35.0 Å². The predicted molar refractivity (Wildman–Crippen MR) is 102 cm³/mol. The van der Waals surface area contributed by atoms with E-state index in [1.807, 2.05) is 37.3 Å². The van der Waals surface area contributed by atoms with E-state index in [2.05, 4.69) is 26.2 Å². The van der Waals surface area contributed by atoms with E-state index >= 15 is 0 Å². The van der Waals surface area contributed by atoms with Crippen LogP contribution in [0.2, 0.25) is 0 Å². The molecular weight excluding hydrogens is 382 g/mol. The molecule has 0 saturated carbocycles. The normalized spacial score (nSPS) is 10.5. The summed E-state index contributed by atoms with van der Waals surface area (Å²) in [6, 6.07) is 12.7. The SMILES string of the molecule is Cc1c(C(=O)Nc2cc(Br)cn(C)c2=O)cccc1-c1ccccn1. The van der Waals surface area contributed by atoms with Gasteiger partial charge in [-0.2, -0.15) is 0 Å². The van der Waals surface area contributed by atoms with Gasteiger partial charge in [0.1, 0.15) is 5.69 Å². The monoisotopic (exact) mass is 397 g/mol. The molecule has 126 valence electrons. The Morgan fingerprint density at radius 2 is 2.00 bits per heavy atom. The number of benzene rings is 1. The number of nitrogens with one attached hydrogen (secondary N) is 1. The van der Waals surface area contributed by atoms with Gasteiger partial charge in [0.05, 0.1) is 5.69 Å². The number of halogens is 1. The molecule has 0 aliphatic heterocycles. The first-order chi connectivity index (χ1) is 12.0. The van der Waals surface area contributed by atoms with E-state index in [-0.39, 0.29) is 17.2 Å². The second-order valence-electron chi connectivity index (χ2n) is 5.64. The van der Waals surface area contributed by atoms with Crippen LogP contribution in [-0.4, -0.2) is 15.5 Å². The van der Waals surface area contributed by atoms with Crippen molar-refractivity contribution in [2.75, 3.05) is 5.32 Å². The van der Waals surface area contributed by atoms with Crippen LogP contribution in [0.25, 0.3) is 11.3 Å². The van der Waals surface area contributed by atoms with E-state index in [9.17, 15) is 9.59 Å². The molecule has 0 spiro atoms. The number of carbonyl (C=O) groups excluding carboxylic acids is 1. The Hall–Kier alpha value is -2.73. The number of hydrogen-bond donors (Lipinski definition) is 1. The van der Waals surface area contributed by atoms with Gasteiger partial charge in [-0.15, -0.1) is 0 Å². The van der Waals surface area contributed by atoms with Crippen LogP contribution in [0.15, 0.2) is 64.1 Å². The summed E-state index contributed by atoms with van der Waals surface area (Å²) in [7, 11) is 1.63. The smallest absolute Gasteiger partial charge is 0.274 e. The zero-order valence-corrected chi connectivity index (χ0v) is 15.4. The molecule has 0 radical (unpaired) electrons. The molecule has 1 N–H and O–H groups in total. The number of amides is 1. The zero-order valence-electron chi connectivity index (χ0n) is 13.8. The van der Waals surface area contributed by atoms with Crippen molar-refractivity contribution >= 4 is 27.5 Å². The van der Waals surface area contributed by atoms with E-state index in [0.29, 0.717) is 10.0 Å². The molecule has 0 aliphatic rings. The minimum absolute atomic E-state index is 0.226. The van der Waals surface area contributed by atoms with Gasteiger partial charge < -0.3 is 9.88 Å². The number of pyridine rings is 2. The molecule has 0 bridgehead atoms. The molecule has 5 nitrogen and oxygen atoms in total. The highest BCUT2D eigenvalue weighted by Gasteiger charge is 2.15. The third kappa shape index (κ3) is 3.53. The average Bonchev–Trinajstić information content (AvgIpc) is 2.60. The fourth-order valence-corrected chi connectivity index (χ4v) is 3.17. The van der Waals surface area contributed by atoms with Crippen LogP contribution < -0.4 is 10.9 Å². The molecule has 2 aromatic heterocycles. The summed E-state index contributed by atoms with van der Waals surface area (Å²) in [6.45, 7) is 1.87. The summed E-state index contributed by atoms with van der Waals surface area (Å²) >= 11 is 3.33. The largest absolute Gasteiger partial charge is 0.317 e. The molecule has 25 heavy (non-hydrogen) atoms. The second kappa shape index (κ2) is 7.03. The first-order valence-corrected chi connectivity index (χ1v) is 8.45.